The lowest BCUT2D eigenvalue weighted by atomic mass is 10.1. The highest BCUT2D eigenvalue weighted by Crippen LogP contribution is 2.38. The summed E-state index contributed by atoms with van der Waals surface area (Å²) >= 11 is 7.15. The Bertz CT molecular complexity index is 1200. The maximum Gasteiger partial charge on any atom is 0.298 e. The van der Waals surface area contributed by atoms with Gasteiger partial charge in [0.05, 0.1) is 10.6 Å². The number of thioether (sulfide) groups is 1. The summed E-state index contributed by atoms with van der Waals surface area (Å²) in [5.41, 5.74) is 4.07. The average molecular weight is 450 g/mol. The highest BCUT2D eigenvalue weighted by atomic mass is 35.5. The number of anilines is 1. The molecule has 0 atom stereocenters. The van der Waals surface area contributed by atoms with Gasteiger partial charge in [-0.15, -0.1) is 0 Å². The molecule has 0 aliphatic carbocycles. The van der Waals surface area contributed by atoms with Gasteiger partial charge >= 0.3 is 0 Å². The van der Waals surface area contributed by atoms with Crippen LogP contribution in [0.25, 0.3) is 6.08 Å². The molecule has 0 saturated carbocycles. The largest absolute Gasteiger partial charge is 0.488 e. The number of halogens is 1. The minimum atomic E-state index is -0.329. The molecular formula is C25H20ClNO3S. The predicted octanol–water partition coefficient (Wildman–Crippen LogP) is 6.78. The van der Waals surface area contributed by atoms with E-state index in [0.29, 0.717) is 28.0 Å². The Balaban J connectivity index is 1.61. The molecule has 6 heteroatoms. The molecule has 0 unspecified atom stereocenters. The molecule has 1 fully saturated rings. The molecule has 1 aliphatic rings. The summed E-state index contributed by atoms with van der Waals surface area (Å²) in [7, 11) is 0. The lowest BCUT2D eigenvalue weighted by molar-refractivity contribution is -0.113. The van der Waals surface area contributed by atoms with Gasteiger partial charge in [0.15, 0.2) is 0 Å². The number of amides is 2. The summed E-state index contributed by atoms with van der Waals surface area (Å²) < 4.78 is 5.97. The first-order valence-electron chi connectivity index (χ1n) is 9.74. The van der Waals surface area contributed by atoms with Gasteiger partial charge < -0.3 is 4.74 Å². The molecule has 0 radical (unpaired) electrons. The molecule has 4 nitrogen and oxygen atoms in total. The van der Waals surface area contributed by atoms with E-state index in [1.807, 2.05) is 80.6 Å². The Hall–Kier alpha value is -3.02. The van der Waals surface area contributed by atoms with Crippen LogP contribution in [0.4, 0.5) is 10.5 Å². The van der Waals surface area contributed by atoms with Crippen molar-refractivity contribution in [3.8, 4) is 5.75 Å². The fourth-order valence-corrected chi connectivity index (χ4v) is 4.29. The van der Waals surface area contributed by atoms with Crippen LogP contribution in [0, 0.1) is 13.8 Å². The Morgan fingerprint density at radius 3 is 2.55 bits per heavy atom. The van der Waals surface area contributed by atoms with Gasteiger partial charge in [0, 0.05) is 16.1 Å². The minimum Gasteiger partial charge on any atom is -0.488 e. The van der Waals surface area contributed by atoms with Gasteiger partial charge in [0.1, 0.15) is 12.4 Å². The fourth-order valence-electron chi connectivity index (χ4n) is 3.28. The van der Waals surface area contributed by atoms with Crippen molar-refractivity contribution < 1.29 is 14.3 Å². The molecule has 3 aromatic rings. The third kappa shape index (κ3) is 4.53. The lowest BCUT2D eigenvalue weighted by Crippen LogP contribution is -2.28. The van der Waals surface area contributed by atoms with E-state index in [-0.39, 0.29) is 11.1 Å². The Labute approximate surface area is 190 Å². The second-order valence-corrected chi connectivity index (χ2v) is 8.63. The van der Waals surface area contributed by atoms with E-state index in [1.165, 1.54) is 4.90 Å². The second kappa shape index (κ2) is 9.00. The van der Waals surface area contributed by atoms with Gasteiger partial charge in [0.25, 0.3) is 11.1 Å². The SMILES string of the molecule is Cc1ccc(C)c(N2C(=O)S/C(=C\c3ccccc3OCc3ccccc3Cl)C2=O)c1. The molecule has 2 amide bonds. The van der Waals surface area contributed by atoms with Crippen LogP contribution in [0.1, 0.15) is 22.3 Å². The molecule has 3 aromatic carbocycles. The molecule has 0 N–H and O–H groups in total. The Morgan fingerprint density at radius 1 is 1.00 bits per heavy atom. The van der Waals surface area contributed by atoms with Gasteiger partial charge in [-0.2, -0.15) is 0 Å². The van der Waals surface area contributed by atoms with Crippen molar-refractivity contribution in [3.05, 3.63) is 98.9 Å². The normalized spacial score (nSPS) is 15.1. The van der Waals surface area contributed by atoms with Crippen molar-refractivity contribution >= 4 is 46.3 Å². The zero-order valence-corrected chi connectivity index (χ0v) is 18.7. The van der Waals surface area contributed by atoms with Crippen molar-refractivity contribution in [2.45, 2.75) is 20.5 Å². The van der Waals surface area contributed by atoms with Crippen LogP contribution in [-0.4, -0.2) is 11.1 Å². The number of ether oxygens (including phenoxy) is 1. The van der Waals surface area contributed by atoms with E-state index < -0.39 is 0 Å². The smallest absolute Gasteiger partial charge is 0.298 e. The highest BCUT2D eigenvalue weighted by Gasteiger charge is 2.37. The number of imide groups is 1. The molecule has 1 heterocycles. The van der Waals surface area contributed by atoms with E-state index >= 15 is 0 Å². The second-order valence-electron chi connectivity index (χ2n) is 7.22. The number of hydrogen-bond donors (Lipinski definition) is 0. The standard InChI is InChI=1S/C25H20ClNO3S/c1-16-11-12-17(2)21(13-16)27-24(28)23(31-25(27)29)14-18-7-4-6-10-22(18)30-15-19-8-3-5-9-20(19)26/h3-14H,15H2,1-2H3/b23-14-. The van der Waals surface area contributed by atoms with Crippen molar-refractivity contribution in [2.75, 3.05) is 4.90 Å². The van der Waals surface area contributed by atoms with Crippen LogP contribution in [0.2, 0.25) is 5.02 Å². The van der Waals surface area contributed by atoms with Crippen molar-refractivity contribution in [1.29, 1.82) is 0 Å². The molecule has 1 saturated heterocycles. The molecule has 0 spiro atoms. The molecule has 1 aliphatic heterocycles. The number of nitrogens with zero attached hydrogens (tertiary/aromatic N) is 1. The van der Waals surface area contributed by atoms with E-state index in [1.54, 1.807) is 6.08 Å². The quantitative estimate of drug-likeness (QED) is 0.403. The number of carbonyl (C=O) groups is 2. The predicted molar refractivity (Wildman–Crippen MR) is 127 cm³/mol. The minimum absolute atomic E-state index is 0.300. The van der Waals surface area contributed by atoms with E-state index in [0.717, 1.165) is 34.0 Å². The monoisotopic (exact) mass is 449 g/mol. The van der Waals surface area contributed by atoms with Crippen LogP contribution < -0.4 is 9.64 Å². The third-order valence-corrected chi connectivity index (χ3v) is 6.18. The number of para-hydroxylation sites is 1. The molecule has 0 bridgehead atoms. The van der Waals surface area contributed by atoms with Crippen molar-refractivity contribution in [3.63, 3.8) is 0 Å². The first kappa shape index (κ1) is 21.2. The summed E-state index contributed by atoms with van der Waals surface area (Å²) in [5.74, 6) is 0.283. The van der Waals surface area contributed by atoms with E-state index in [4.69, 9.17) is 16.3 Å². The average Bonchev–Trinajstić information content (AvgIpc) is 3.03. The summed E-state index contributed by atoms with van der Waals surface area (Å²) in [6, 6.07) is 20.6. The van der Waals surface area contributed by atoms with Gasteiger partial charge in [-0.1, -0.05) is 60.1 Å². The van der Waals surface area contributed by atoms with Gasteiger partial charge in [0.2, 0.25) is 0 Å². The zero-order valence-electron chi connectivity index (χ0n) is 17.1. The lowest BCUT2D eigenvalue weighted by Gasteiger charge is -2.16. The molecule has 156 valence electrons. The number of hydrogen-bond acceptors (Lipinski definition) is 4. The first-order valence-corrected chi connectivity index (χ1v) is 10.9. The third-order valence-electron chi connectivity index (χ3n) is 4.95. The fraction of sp³-hybridized carbons (Fsp3) is 0.120. The number of benzene rings is 3. The molecule has 0 aromatic heterocycles. The van der Waals surface area contributed by atoms with Crippen molar-refractivity contribution in [1.82, 2.24) is 0 Å². The van der Waals surface area contributed by atoms with Gasteiger partial charge in [-0.3, -0.25) is 9.59 Å². The van der Waals surface area contributed by atoms with Crippen LogP contribution in [0.3, 0.4) is 0 Å². The maximum absolute atomic E-state index is 13.1. The summed E-state index contributed by atoms with van der Waals surface area (Å²) in [4.78, 5) is 27.3. The summed E-state index contributed by atoms with van der Waals surface area (Å²) in [6.07, 6.45) is 1.71. The van der Waals surface area contributed by atoms with E-state index in [2.05, 4.69) is 0 Å². The van der Waals surface area contributed by atoms with Crippen LogP contribution in [0.5, 0.6) is 5.75 Å². The Kier molecular flexibility index (Phi) is 6.16. The number of rotatable bonds is 5. The maximum atomic E-state index is 13.1. The van der Waals surface area contributed by atoms with Crippen LogP contribution >= 0.6 is 23.4 Å². The number of carbonyl (C=O) groups excluding carboxylic acids is 2. The Morgan fingerprint density at radius 2 is 1.74 bits per heavy atom. The molecule has 4 rings (SSSR count). The molecule has 31 heavy (non-hydrogen) atoms. The summed E-state index contributed by atoms with van der Waals surface area (Å²) in [6.45, 7) is 4.12. The van der Waals surface area contributed by atoms with Crippen molar-refractivity contribution in [2.24, 2.45) is 0 Å². The van der Waals surface area contributed by atoms with Crippen LogP contribution in [0.15, 0.2) is 71.6 Å². The van der Waals surface area contributed by atoms with Gasteiger partial charge in [-0.25, -0.2) is 4.90 Å². The van der Waals surface area contributed by atoms with Crippen LogP contribution in [-0.2, 0) is 11.4 Å². The molecular weight excluding hydrogens is 430 g/mol. The topological polar surface area (TPSA) is 46.6 Å². The van der Waals surface area contributed by atoms with Gasteiger partial charge in [-0.05, 0) is 61.0 Å². The first-order chi connectivity index (χ1) is 14.9. The zero-order chi connectivity index (χ0) is 22.0. The van der Waals surface area contributed by atoms with E-state index in [9.17, 15) is 9.59 Å². The number of aryl methyl sites for hydroxylation is 2. The summed E-state index contributed by atoms with van der Waals surface area (Å²) in [5, 5.41) is 0.328. The highest BCUT2D eigenvalue weighted by molar-refractivity contribution is 8.19.